The Kier molecular flexibility index (Phi) is 5.97. The van der Waals surface area contributed by atoms with Crippen molar-refractivity contribution in [3.63, 3.8) is 0 Å². The molecule has 0 bridgehead atoms. The molecule has 144 valence electrons. The van der Waals surface area contributed by atoms with Crippen LogP contribution in [0.15, 0.2) is 23.1 Å². The first-order valence-electron chi connectivity index (χ1n) is 9.28. The van der Waals surface area contributed by atoms with Gasteiger partial charge in [-0.2, -0.15) is 0 Å². The number of carbonyl (C=O) groups is 1. The molecule has 3 N–H and O–H groups in total. The first-order chi connectivity index (χ1) is 13.0. The zero-order valence-electron chi connectivity index (χ0n) is 16.0. The number of rotatable bonds is 2. The SMILES string of the molecule is CCO.Cc1c(S(C)=O)ccc2c1/C(=C/c1cc3c([nH]1)CCCC3)C(=O)N2. The van der Waals surface area contributed by atoms with Gasteiger partial charge in [-0.25, -0.2) is 0 Å². The molecule has 0 radical (unpaired) electrons. The van der Waals surface area contributed by atoms with Crippen molar-refractivity contribution in [2.75, 3.05) is 18.2 Å². The molecule has 1 aromatic heterocycles. The molecule has 6 heteroatoms. The summed E-state index contributed by atoms with van der Waals surface area (Å²) in [5.74, 6) is -0.0975. The zero-order valence-corrected chi connectivity index (χ0v) is 16.8. The number of hydrogen-bond acceptors (Lipinski definition) is 3. The summed E-state index contributed by atoms with van der Waals surface area (Å²) in [6.07, 6.45) is 8.23. The van der Waals surface area contributed by atoms with Gasteiger partial charge < -0.3 is 15.4 Å². The zero-order chi connectivity index (χ0) is 19.6. The van der Waals surface area contributed by atoms with Gasteiger partial charge in [-0.3, -0.25) is 9.00 Å². The van der Waals surface area contributed by atoms with Gasteiger partial charge in [0.1, 0.15) is 0 Å². The minimum atomic E-state index is -1.07. The van der Waals surface area contributed by atoms with Crippen LogP contribution in [-0.4, -0.2) is 33.1 Å². The predicted molar refractivity (Wildman–Crippen MR) is 110 cm³/mol. The van der Waals surface area contributed by atoms with Crippen LogP contribution in [0, 0.1) is 6.92 Å². The molecular weight excluding hydrogens is 360 g/mol. The molecule has 0 saturated heterocycles. The molecule has 2 aromatic rings. The molecular formula is C21H26N2O3S. The fourth-order valence-electron chi connectivity index (χ4n) is 3.76. The number of anilines is 1. The third-order valence-corrected chi connectivity index (χ3v) is 5.98. The Morgan fingerprint density at radius 1 is 1.26 bits per heavy atom. The van der Waals surface area contributed by atoms with Crippen molar-refractivity contribution in [3.8, 4) is 0 Å². The molecule has 27 heavy (non-hydrogen) atoms. The summed E-state index contributed by atoms with van der Waals surface area (Å²) >= 11 is 0. The van der Waals surface area contributed by atoms with Crippen LogP contribution in [0.5, 0.6) is 0 Å². The number of fused-ring (bicyclic) bond motifs is 2. The van der Waals surface area contributed by atoms with Gasteiger partial charge in [-0.05, 0) is 74.9 Å². The number of carbonyl (C=O) groups excluding carboxylic acids is 1. The Morgan fingerprint density at radius 2 is 1.96 bits per heavy atom. The number of aromatic nitrogens is 1. The molecule has 0 fully saturated rings. The lowest BCUT2D eigenvalue weighted by Crippen LogP contribution is -2.03. The van der Waals surface area contributed by atoms with Crippen LogP contribution < -0.4 is 5.32 Å². The summed E-state index contributed by atoms with van der Waals surface area (Å²) in [6.45, 7) is 3.86. The number of aliphatic hydroxyl groups is 1. The number of aromatic amines is 1. The highest BCUT2D eigenvalue weighted by Crippen LogP contribution is 2.38. The van der Waals surface area contributed by atoms with Gasteiger partial charge in [0.05, 0.1) is 16.4 Å². The highest BCUT2D eigenvalue weighted by molar-refractivity contribution is 7.84. The highest BCUT2D eigenvalue weighted by atomic mass is 32.2. The van der Waals surface area contributed by atoms with E-state index in [1.165, 1.54) is 24.1 Å². The van der Waals surface area contributed by atoms with Crippen molar-refractivity contribution in [1.29, 1.82) is 0 Å². The second-order valence-electron chi connectivity index (χ2n) is 6.83. The van der Waals surface area contributed by atoms with Gasteiger partial charge in [0.25, 0.3) is 5.91 Å². The van der Waals surface area contributed by atoms with Crippen LogP contribution in [0.25, 0.3) is 11.6 Å². The van der Waals surface area contributed by atoms with Gasteiger partial charge in [-0.1, -0.05) is 0 Å². The first-order valence-corrected chi connectivity index (χ1v) is 10.8. The van der Waals surface area contributed by atoms with Crippen LogP contribution >= 0.6 is 0 Å². The van der Waals surface area contributed by atoms with Crippen molar-refractivity contribution in [1.82, 2.24) is 4.98 Å². The minimum absolute atomic E-state index is 0.0975. The Bertz CT molecular complexity index is 904. The first kappa shape index (κ1) is 19.6. The number of H-pyrrole nitrogens is 1. The number of hydrogen-bond donors (Lipinski definition) is 3. The van der Waals surface area contributed by atoms with E-state index < -0.39 is 10.8 Å². The van der Waals surface area contributed by atoms with Crippen molar-refractivity contribution in [3.05, 3.63) is 46.3 Å². The lowest BCUT2D eigenvalue weighted by Gasteiger charge is -2.09. The van der Waals surface area contributed by atoms with Gasteiger partial charge in [0, 0.05) is 40.4 Å². The second kappa shape index (κ2) is 8.23. The molecule has 0 saturated carbocycles. The number of aryl methyl sites for hydroxylation is 2. The van der Waals surface area contributed by atoms with Crippen LogP contribution in [-0.2, 0) is 28.4 Å². The molecule has 1 aliphatic carbocycles. The van der Waals surface area contributed by atoms with Crippen LogP contribution in [0.2, 0.25) is 0 Å². The third-order valence-electron chi connectivity index (χ3n) is 4.92. The molecule has 0 spiro atoms. The molecule has 1 atom stereocenters. The van der Waals surface area contributed by atoms with Crippen LogP contribution in [0.4, 0.5) is 5.69 Å². The third kappa shape index (κ3) is 3.92. The normalized spacial score (nSPS) is 17.6. The van der Waals surface area contributed by atoms with Gasteiger partial charge in [0.15, 0.2) is 0 Å². The molecule has 1 amide bonds. The molecule has 2 aliphatic rings. The fraction of sp³-hybridized carbons (Fsp3) is 0.381. The average Bonchev–Trinajstić information content (AvgIpc) is 3.17. The van der Waals surface area contributed by atoms with E-state index in [4.69, 9.17) is 5.11 Å². The summed E-state index contributed by atoms with van der Waals surface area (Å²) in [5.41, 5.74) is 6.87. The molecule has 2 heterocycles. The number of benzene rings is 1. The lowest BCUT2D eigenvalue weighted by atomic mass is 9.98. The monoisotopic (exact) mass is 386 g/mol. The van der Waals surface area contributed by atoms with E-state index in [0.29, 0.717) is 5.57 Å². The van der Waals surface area contributed by atoms with Crippen molar-refractivity contribution in [2.45, 2.75) is 44.4 Å². The van der Waals surface area contributed by atoms with Gasteiger partial charge in [-0.15, -0.1) is 0 Å². The topological polar surface area (TPSA) is 82.2 Å². The Hall–Kier alpha value is -2.18. The summed E-state index contributed by atoms with van der Waals surface area (Å²) < 4.78 is 11.9. The Labute approximate surface area is 162 Å². The van der Waals surface area contributed by atoms with Crippen molar-refractivity contribution < 1.29 is 14.1 Å². The number of amides is 1. The minimum Gasteiger partial charge on any atom is -0.397 e. The molecule has 1 aromatic carbocycles. The summed E-state index contributed by atoms with van der Waals surface area (Å²) in [5, 5.41) is 10.5. The summed E-state index contributed by atoms with van der Waals surface area (Å²) in [4.78, 5) is 16.7. The summed E-state index contributed by atoms with van der Waals surface area (Å²) in [7, 11) is -1.07. The quantitative estimate of drug-likeness (QED) is 0.692. The molecule has 4 rings (SSSR count). The Balaban J connectivity index is 0.000000659. The van der Waals surface area contributed by atoms with E-state index in [1.807, 2.05) is 25.1 Å². The molecule has 5 nitrogen and oxygen atoms in total. The maximum absolute atomic E-state index is 12.4. The van der Waals surface area contributed by atoms with E-state index in [2.05, 4.69) is 16.4 Å². The number of nitrogens with one attached hydrogen (secondary N) is 2. The van der Waals surface area contributed by atoms with E-state index in [1.54, 1.807) is 13.2 Å². The van der Waals surface area contributed by atoms with Crippen molar-refractivity contribution >= 4 is 34.0 Å². The smallest absolute Gasteiger partial charge is 0.256 e. The van der Waals surface area contributed by atoms with Gasteiger partial charge >= 0.3 is 0 Å². The maximum Gasteiger partial charge on any atom is 0.256 e. The maximum atomic E-state index is 12.4. The lowest BCUT2D eigenvalue weighted by molar-refractivity contribution is -0.110. The second-order valence-corrected chi connectivity index (χ2v) is 8.18. The molecule has 1 aliphatic heterocycles. The van der Waals surface area contributed by atoms with Gasteiger partial charge in [0.2, 0.25) is 0 Å². The van der Waals surface area contributed by atoms with E-state index >= 15 is 0 Å². The van der Waals surface area contributed by atoms with Crippen molar-refractivity contribution in [2.24, 2.45) is 0 Å². The van der Waals surface area contributed by atoms with E-state index in [0.717, 1.165) is 40.2 Å². The summed E-state index contributed by atoms with van der Waals surface area (Å²) in [6, 6.07) is 5.84. The fourth-order valence-corrected chi connectivity index (χ4v) is 4.55. The van der Waals surface area contributed by atoms with Crippen LogP contribution in [0.3, 0.4) is 0 Å². The Morgan fingerprint density at radius 3 is 2.63 bits per heavy atom. The van der Waals surface area contributed by atoms with Crippen LogP contribution in [0.1, 0.15) is 47.8 Å². The standard InChI is InChI=1S/C19H20N2O2S.C2H6O/c1-11-17(24(2)23)8-7-16-18(11)14(19(22)21-16)10-13-9-12-5-3-4-6-15(12)20-13;1-2-3/h7-10,20H,3-6H2,1-2H3,(H,21,22);3H,2H2,1H3/b14-10-;. The average molecular weight is 387 g/mol. The largest absolute Gasteiger partial charge is 0.397 e. The predicted octanol–water partition coefficient (Wildman–Crippen LogP) is 3.43. The number of aliphatic hydroxyl groups excluding tert-OH is 1. The molecule has 1 unspecified atom stereocenters. The highest BCUT2D eigenvalue weighted by Gasteiger charge is 2.28. The van der Waals surface area contributed by atoms with E-state index in [-0.39, 0.29) is 12.5 Å². The van der Waals surface area contributed by atoms with E-state index in [9.17, 15) is 9.00 Å².